The van der Waals surface area contributed by atoms with Gasteiger partial charge >= 0.3 is 6.18 Å². The number of amides is 1. The molecule has 0 saturated carbocycles. The maximum absolute atomic E-state index is 13.3. The minimum absolute atomic E-state index is 0.0894. The van der Waals surface area contributed by atoms with Crippen LogP contribution >= 0.6 is 0 Å². The molecule has 150 valence electrons. The summed E-state index contributed by atoms with van der Waals surface area (Å²) in [5.74, 6) is -0.535. The smallest absolute Gasteiger partial charge is 0.338 e. The predicted octanol–water partition coefficient (Wildman–Crippen LogP) is 4.37. The van der Waals surface area contributed by atoms with Crippen molar-refractivity contribution in [2.24, 2.45) is 5.73 Å². The molecule has 7 heteroatoms. The van der Waals surface area contributed by atoms with Crippen LogP contribution in [0.2, 0.25) is 0 Å². The molecule has 3 atom stereocenters. The molecular formula is C21H22F4N2O. The van der Waals surface area contributed by atoms with Crippen molar-refractivity contribution in [3.63, 3.8) is 0 Å². The van der Waals surface area contributed by atoms with E-state index in [1.807, 2.05) is 19.1 Å². The summed E-state index contributed by atoms with van der Waals surface area (Å²) in [5, 5.41) is 0. The molecule has 3 rings (SSSR count). The van der Waals surface area contributed by atoms with E-state index in [1.165, 1.54) is 17.0 Å². The average Bonchev–Trinajstić information content (AvgIpc) is 3.12. The minimum atomic E-state index is -4.36. The summed E-state index contributed by atoms with van der Waals surface area (Å²) in [6, 6.07) is 11.4. The van der Waals surface area contributed by atoms with Gasteiger partial charge in [-0.3, -0.25) is 4.79 Å². The molecule has 0 bridgehead atoms. The lowest BCUT2D eigenvalue weighted by atomic mass is 9.91. The number of benzene rings is 2. The van der Waals surface area contributed by atoms with E-state index in [-0.39, 0.29) is 18.4 Å². The van der Waals surface area contributed by atoms with Gasteiger partial charge in [-0.1, -0.05) is 43.3 Å². The van der Waals surface area contributed by atoms with Crippen LogP contribution in [0.4, 0.5) is 17.6 Å². The summed E-state index contributed by atoms with van der Waals surface area (Å²) >= 11 is 0. The third-order valence-electron chi connectivity index (χ3n) is 5.25. The van der Waals surface area contributed by atoms with Gasteiger partial charge in [-0.15, -0.1) is 0 Å². The van der Waals surface area contributed by atoms with E-state index < -0.39 is 24.0 Å². The molecule has 1 saturated heterocycles. The van der Waals surface area contributed by atoms with Gasteiger partial charge in [0.2, 0.25) is 5.91 Å². The molecule has 0 aliphatic carbocycles. The number of hydrogen-bond acceptors (Lipinski definition) is 2. The highest BCUT2D eigenvalue weighted by molar-refractivity contribution is 5.83. The van der Waals surface area contributed by atoms with Crippen LogP contribution in [0.5, 0.6) is 0 Å². The number of carbonyl (C=O) groups is 1. The van der Waals surface area contributed by atoms with Gasteiger partial charge in [-0.2, -0.15) is 13.2 Å². The summed E-state index contributed by atoms with van der Waals surface area (Å²) in [6.07, 6.45) is -5.01. The number of rotatable bonds is 4. The second kappa shape index (κ2) is 7.91. The first-order valence-electron chi connectivity index (χ1n) is 9.13. The molecule has 0 spiro atoms. The Morgan fingerprint density at radius 3 is 2.07 bits per heavy atom. The summed E-state index contributed by atoms with van der Waals surface area (Å²) in [4.78, 5) is 13.9. The Balaban J connectivity index is 1.70. The number of carbonyl (C=O) groups excluding carboxylic acids is 1. The van der Waals surface area contributed by atoms with Crippen LogP contribution < -0.4 is 5.73 Å². The van der Waals surface area contributed by atoms with Gasteiger partial charge < -0.3 is 10.6 Å². The van der Waals surface area contributed by atoms with Crippen molar-refractivity contribution in [3.05, 3.63) is 59.7 Å². The lowest BCUT2D eigenvalue weighted by Crippen LogP contribution is -2.45. The van der Waals surface area contributed by atoms with Crippen LogP contribution in [0.25, 0.3) is 11.1 Å². The fourth-order valence-electron chi connectivity index (χ4n) is 3.38. The first kappa shape index (κ1) is 20.3. The molecule has 1 amide bonds. The summed E-state index contributed by atoms with van der Waals surface area (Å²) < 4.78 is 51.3. The van der Waals surface area contributed by atoms with Gasteiger partial charge in [0.1, 0.15) is 6.17 Å². The second-order valence-corrected chi connectivity index (χ2v) is 7.18. The molecule has 2 aromatic carbocycles. The Hall–Kier alpha value is -2.41. The third-order valence-corrected chi connectivity index (χ3v) is 5.25. The number of halogens is 4. The van der Waals surface area contributed by atoms with E-state index in [0.717, 1.165) is 23.3 Å². The number of alkyl halides is 4. The molecule has 0 aromatic heterocycles. The molecule has 1 fully saturated rings. The van der Waals surface area contributed by atoms with Crippen LogP contribution in [-0.2, 0) is 11.0 Å². The number of nitrogens with two attached hydrogens (primary N) is 1. The highest BCUT2D eigenvalue weighted by Gasteiger charge is 2.32. The van der Waals surface area contributed by atoms with Crippen LogP contribution in [0, 0.1) is 0 Å². The van der Waals surface area contributed by atoms with Crippen LogP contribution in [0.1, 0.15) is 30.4 Å². The van der Waals surface area contributed by atoms with E-state index in [4.69, 9.17) is 5.73 Å². The molecule has 2 N–H and O–H groups in total. The molecule has 0 radical (unpaired) electrons. The zero-order valence-electron chi connectivity index (χ0n) is 15.4. The molecular weight excluding hydrogens is 372 g/mol. The van der Waals surface area contributed by atoms with Crippen LogP contribution in [-0.4, -0.2) is 36.1 Å². The Labute approximate surface area is 161 Å². The van der Waals surface area contributed by atoms with Gasteiger partial charge in [0.15, 0.2) is 0 Å². The average molecular weight is 394 g/mol. The topological polar surface area (TPSA) is 46.3 Å². The number of hydrogen-bond donors (Lipinski definition) is 1. The fourth-order valence-corrected chi connectivity index (χ4v) is 3.38. The standard InChI is InChI=1S/C21H22F4N2O/c1-13(19(26)20(28)27-11-10-18(22)12-27)14-2-4-15(5-3-14)16-6-8-17(9-7-16)21(23,24)25/h2-9,13,18-19H,10-12,26H2,1H3/t13-,18-,19-/m0/s1. The first-order valence-corrected chi connectivity index (χ1v) is 9.13. The van der Waals surface area contributed by atoms with E-state index in [1.54, 1.807) is 12.1 Å². The first-order chi connectivity index (χ1) is 13.2. The van der Waals surface area contributed by atoms with Crippen molar-refractivity contribution in [1.29, 1.82) is 0 Å². The number of nitrogens with zero attached hydrogens (tertiary/aromatic N) is 1. The van der Waals surface area contributed by atoms with E-state index in [2.05, 4.69) is 0 Å². The van der Waals surface area contributed by atoms with E-state index in [9.17, 15) is 22.4 Å². The molecule has 2 aromatic rings. The van der Waals surface area contributed by atoms with Gasteiger partial charge in [-0.05, 0) is 35.2 Å². The quantitative estimate of drug-likeness (QED) is 0.783. The Kier molecular flexibility index (Phi) is 5.74. The molecule has 0 unspecified atom stereocenters. The Morgan fingerprint density at radius 2 is 1.61 bits per heavy atom. The Morgan fingerprint density at radius 1 is 1.07 bits per heavy atom. The van der Waals surface area contributed by atoms with Gasteiger partial charge in [0.05, 0.1) is 18.2 Å². The second-order valence-electron chi connectivity index (χ2n) is 7.18. The SMILES string of the molecule is C[C@@H](c1ccc(-c2ccc(C(F)(F)F)cc2)cc1)[C@H](N)C(=O)N1CC[C@H](F)C1. The van der Waals surface area contributed by atoms with Crippen molar-refractivity contribution in [1.82, 2.24) is 4.90 Å². The van der Waals surface area contributed by atoms with Gasteiger partial charge in [0, 0.05) is 12.5 Å². The minimum Gasteiger partial charge on any atom is -0.338 e. The highest BCUT2D eigenvalue weighted by atomic mass is 19.4. The van der Waals surface area contributed by atoms with E-state index in [0.29, 0.717) is 18.5 Å². The van der Waals surface area contributed by atoms with Crippen molar-refractivity contribution in [2.45, 2.75) is 37.7 Å². The number of likely N-dealkylation sites (tertiary alicyclic amines) is 1. The lowest BCUT2D eigenvalue weighted by molar-refractivity contribution is -0.137. The van der Waals surface area contributed by atoms with Crippen molar-refractivity contribution in [3.8, 4) is 11.1 Å². The largest absolute Gasteiger partial charge is 0.416 e. The van der Waals surface area contributed by atoms with Crippen molar-refractivity contribution >= 4 is 5.91 Å². The molecule has 1 aliphatic rings. The predicted molar refractivity (Wildman–Crippen MR) is 99.4 cm³/mol. The van der Waals surface area contributed by atoms with Crippen LogP contribution in [0.3, 0.4) is 0 Å². The lowest BCUT2D eigenvalue weighted by Gasteiger charge is -2.25. The van der Waals surface area contributed by atoms with Gasteiger partial charge in [0.25, 0.3) is 0 Å². The zero-order chi connectivity index (χ0) is 20.5. The third kappa shape index (κ3) is 4.35. The highest BCUT2D eigenvalue weighted by Crippen LogP contribution is 2.31. The van der Waals surface area contributed by atoms with Crippen molar-refractivity contribution in [2.75, 3.05) is 13.1 Å². The van der Waals surface area contributed by atoms with Crippen molar-refractivity contribution < 1.29 is 22.4 Å². The maximum Gasteiger partial charge on any atom is 0.416 e. The normalized spacial score (nSPS) is 19.5. The Bertz CT molecular complexity index is 818. The van der Waals surface area contributed by atoms with Crippen LogP contribution in [0.15, 0.2) is 48.5 Å². The van der Waals surface area contributed by atoms with Gasteiger partial charge in [-0.25, -0.2) is 4.39 Å². The van der Waals surface area contributed by atoms with E-state index >= 15 is 0 Å². The fraction of sp³-hybridized carbons (Fsp3) is 0.381. The molecule has 28 heavy (non-hydrogen) atoms. The molecule has 1 aliphatic heterocycles. The molecule has 3 nitrogen and oxygen atoms in total. The summed E-state index contributed by atoms with van der Waals surface area (Å²) in [6.45, 7) is 2.30. The summed E-state index contributed by atoms with van der Waals surface area (Å²) in [7, 11) is 0. The monoisotopic (exact) mass is 394 g/mol. The summed E-state index contributed by atoms with van der Waals surface area (Å²) in [5.41, 5.74) is 7.69. The molecule has 1 heterocycles. The zero-order valence-corrected chi connectivity index (χ0v) is 15.4. The maximum atomic E-state index is 13.3.